The zero-order valence-electron chi connectivity index (χ0n) is 6.87. The van der Waals surface area contributed by atoms with Crippen LogP contribution >= 0.6 is 23.2 Å². The molecule has 11 heavy (non-hydrogen) atoms. The summed E-state index contributed by atoms with van der Waals surface area (Å²) in [6.45, 7) is 3.90. The summed E-state index contributed by atoms with van der Waals surface area (Å²) >= 11 is 11.0. The van der Waals surface area contributed by atoms with Crippen molar-refractivity contribution in [1.29, 1.82) is 0 Å². The van der Waals surface area contributed by atoms with Crippen LogP contribution in [0.2, 0.25) is 0 Å². The third-order valence-corrected chi connectivity index (χ3v) is 1.97. The minimum atomic E-state index is 0.756. The first-order valence-corrected chi connectivity index (χ1v) is 4.81. The van der Waals surface area contributed by atoms with Crippen LogP contribution < -0.4 is 5.32 Å². The van der Waals surface area contributed by atoms with Gasteiger partial charge in [-0.25, -0.2) is 0 Å². The second-order valence-electron chi connectivity index (χ2n) is 2.53. The van der Waals surface area contributed by atoms with Gasteiger partial charge in [-0.3, -0.25) is 0 Å². The highest BCUT2D eigenvalue weighted by Gasteiger charge is 1.88. The number of unbranched alkanes of at least 4 members (excludes halogenated alkanes) is 1. The molecule has 0 unspecified atom stereocenters. The molecule has 0 rings (SSSR count). The maximum atomic E-state index is 5.51. The van der Waals surface area contributed by atoms with Crippen LogP contribution in [0.4, 0.5) is 0 Å². The molecule has 0 amide bonds. The molecule has 0 aliphatic rings. The van der Waals surface area contributed by atoms with E-state index < -0.39 is 0 Å². The van der Waals surface area contributed by atoms with Crippen molar-refractivity contribution in [1.82, 2.24) is 5.32 Å². The molecule has 0 aromatic rings. The number of hydrogen-bond acceptors (Lipinski definition) is 1. The third kappa shape index (κ3) is 8.18. The predicted molar refractivity (Wildman–Crippen MR) is 52.4 cm³/mol. The maximum Gasteiger partial charge on any atom is 0.0223 e. The van der Waals surface area contributed by atoms with Gasteiger partial charge < -0.3 is 5.32 Å². The Balaban J connectivity index is 3.02. The van der Waals surface area contributed by atoms with Crippen LogP contribution in [0.15, 0.2) is 11.1 Å². The average molecular weight is 196 g/mol. The zero-order chi connectivity index (χ0) is 8.53. The minimum Gasteiger partial charge on any atom is -0.313 e. The molecule has 0 fully saturated rings. The molecule has 0 radical (unpaired) electrons. The topological polar surface area (TPSA) is 12.0 Å². The molecular weight excluding hydrogens is 181 g/mol. The van der Waals surface area contributed by atoms with E-state index in [1.807, 2.05) is 6.92 Å². The van der Waals surface area contributed by atoms with Crippen molar-refractivity contribution in [3.63, 3.8) is 0 Å². The highest BCUT2D eigenvalue weighted by Crippen LogP contribution is 1.93. The summed E-state index contributed by atoms with van der Waals surface area (Å²) in [5.41, 5.74) is 2.77. The third-order valence-electron chi connectivity index (χ3n) is 1.33. The maximum absolute atomic E-state index is 5.51. The van der Waals surface area contributed by atoms with E-state index in [9.17, 15) is 0 Å². The van der Waals surface area contributed by atoms with Gasteiger partial charge in [-0.15, -0.1) is 11.6 Å². The average Bonchev–Trinajstić information content (AvgIpc) is 2.04. The first-order valence-electron chi connectivity index (χ1n) is 3.83. The largest absolute Gasteiger partial charge is 0.313 e. The van der Waals surface area contributed by atoms with Gasteiger partial charge in [-0.1, -0.05) is 11.6 Å². The summed E-state index contributed by atoms with van der Waals surface area (Å²) in [7, 11) is 0. The van der Waals surface area contributed by atoms with Crippen molar-refractivity contribution in [2.75, 3.05) is 19.0 Å². The molecule has 66 valence electrons. The second-order valence-corrected chi connectivity index (χ2v) is 3.12. The Morgan fingerprint density at radius 2 is 2.18 bits per heavy atom. The van der Waals surface area contributed by atoms with E-state index in [2.05, 4.69) is 5.32 Å². The van der Waals surface area contributed by atoms with E-state index in [0.717, 1.165) is 37.4 Å². The minimum absolute atomic E-state index is 0.756. The first kappa shape index (κ1) is 11.3. The highest BCUT2D eigenvalue weighted by molar-refractivity contribution is 6.25. The summed E-state index contributed by atoms with van der Waals surface area (Å²) < 4.78 is 0. The molecule has 0 aliphatic carbocycles. The van der Waals surface area contributed by atoms with Gasteiger partial charge in [-0.2, -0.15) is 0 Å². The van der Waals surface area contributed by atoms with E-state index in [1.54, 1.807) is 5.54 Å². The lowest BCUT2D eigenvalue weighted by molar-refractivity contribution is 0.673. The molecule has 0 aromatic heterocycles. The van der Waals surface area contributed by atoms with E-state index in [-0.39, 0.29) is 0 Å². The van der Waals surface area contributed by atoms with Gasteiger partial charge in [-0.05, 0) is 31.9 Å². The van der Waals surface area contributed by atoms with Gasteiger partial charge in [0.25, 0.3) is 0 Å². The van der Waals surface area contributed by atoms with Gasteiger partial charge >= 0.3 is 0 Å². The normalized spacial score (nSPS) is 12.1. The van der Waals surface area contributed by atoms with Crippen LogP contribution in [0.3, 0.4) is 0 Å². The molecule has 0 aromatic carbocycles. The number of alkyl halides is 1. The molecular formula is C8H15Cl2N. The lowest BCUT2D eigenvalue weighted by Crippen LogP contribution is -2.17. The fraction of sp³-hybridized carbons (Fsp3) is 0.750. The lowest BCUT2D eigenvalue weighted by Gasteiger charge is -2.02. The summed E-state index contributed by atoms with van der Waals surface area (Å²) in [5, 5.41) is 3.26. The molecule has 1 N–H and O–H groups in total. The van der Waals surface area contributed by atoms with Crippen LogP contribution in [0.25, 0.3) is 0 Å². The van der Waals surface area contributed by atoms with Crippen LogP contribution in [-0.4, -0.2) is 19.0 Å². The van der Waals surface area contributed by atoms with Gasteiger partial charge in [0, 0.05) is 18.0 Å². The molecule has 0 atom stereocenters. The van der Waals surface area contributed by atoms with Gasteiger partial charge in [0.15, 0.2) is 0 Å². The molecule has 1 nitrogen and oxygen atoms in total. The molecule has 0 saturated carbocycles. The first-order chi connectivity index (χ1) is 5.31. The van der Waals surface area contributed by atoms with E-state index >= 15 is 0 Å². The van der Waals surface area contributed by atoms with Crippen molar-refractivity contribution >= 4 is 23.2 Å². The number of halogens is 2. The number of rotatable bonds is 6. The SMILES string of the molecule is CC(=CCl)CNCCCCCl. The molecule has 0 bridgehead atoms. The Kier molecular flexibility index (Phi) is 8.59. The fourth-order valence-electron chi connectivity index (χ4n) is 0.669. The van der Waals surface area contributed by atoms with E-state index in [4.69, 9.17) is 23.2 Å². The van der Waals surface area contributed by atoms with Gasteiger partial charge in [0.05, 0.1) is 0 Å². The Hall–Kier alpha value is 0.280. The molecule has 3 heteroatoms. The summed E-state index contributed by atoms with van der Waals surface area (Å²) in [4.78, 5) is 0. The molecule has 0 spiro atoms. The Morgan fingerprint density at radius 1 is 1.45 bits per heavy atom. The monoisotopic (exact) mass is 195 g/mol. The Labute approximate surface area is 78.8 Å². The smallest absolute Gasteiger partial charge is 0.0223 e. The second kappa shape index (κ2) is 8.38. The van der Waals surface area contributed by atoms with Crippen LogP contribution in [-0.2, 0) is 0 Å². The zero-order valence-corrected chi connectivity index (χ0v) is 8.38. The molecule has 0 heterocycles. The summed E-state index contributed by atoms with van der Waals surface area (Å²) in [6, 6.07) is 0. The predicted octanol–water partition coefficient (Wildman–Crippen LogP) is 2.74. The Morgan fingerprint density at radius 3 is 2.73 bits per heavy atom. The Bertz CT molecular complexity index is 113. The standard InChI is InChI=1S/C8H15Cl2N/c1-8(6-10)7-11-5-3-2-4-9/h6,11H,2-5,7H2,1H3. The van der Waals surface area contributed by atoms with Crippen LogP contribution in [0.5, 0.6) is 0 Å². The summed E-state index contributed by atoms with van der Waals surface area (Å²) in [6.07, 6.45) is 2.22. The number of nitrogens with one attached hydrogen (secondary N) is 1. The lowest BCUT2D eigenvalue weighted by atomic mass is 10.3. The van der Waals surface area contributed by atoms with E-state index in [1.165, 1.54) is 0 Å². The van der Waals surface area contributed by atoms with Crippen molar-refractivity contribution in [2.24, 2.45) is 0 Å². The quantitative estimate of drug-likeness (QED) is 0.508. The van der Waals surface area contributed by atoms with Crippen molar-refractivity contribution in [2.45, 2.75) is 19.8 Å². The molecule has 0 saturated heterocycles. The van der Waals surface area contributed by atoms with Crippen molar-refractivity contribution in [3.05, 3.63) is 11.1 Å². The molecule has 0 aliphatic heterocycles. The van der Waals surface area contributed by atoms with E-state index in [0.29, 0.717) is 0 Å². The van der Waals surface area contributed by atoms with Crippen molar-refractivity contribution < 1.29 is 0 Å². The van der Waals surface area contributed by atoms with Crippen LogP contribution in [0.1, 0.15) is 19.8 Å². The van der Waals surface area contributed by atoms with Gasteiger partial charge in [0.1, 0.15) is 0 Å². The van der Waals surface area contributed by atoms with Gasteiger partial charge in [0.2, 0.25) is 0 Å². The number of hydrogen-bond donors (Lipinski definition) is 1. The summed E-state index contributed by atoms with van der Waals surface area (Å²) in [5.74, 6) is 0.756. The van der Waals surface area contributed by atoms with Crippen molar-refractivity contribution in [3.8, 4) is 0 Å². The fourth-order valence-corrected chi connectivity index (χ4v) is 0.935. The van der Waals surface area contributed by atoms with Crippen LogP contribution in [0, 0.1) is 0 Å². The highest BCUT2D eigenvalue weighted by atomic mass is 35.5.